The standard InChI is InChI=1S/C23H33N3O4S/c1-4-19-10-11-22(30-3)23(18-19)31(27,28)24-12-7-13-25-14-16-26(17-15-25)20-8-5-6-9-21(20)29-2/h5-6,8-11,18,24H,4,7,12-17H2,1-3H3. The van der Waals surface area contributed by atoms with E-state index in [1.165, 1.54) is 7.11 Å². The minimum atomic E-state index is -3.61. The van der Waals surface area contributed by atoms with Crippen molar-refractivity contribution >= 4 is 15.7 Å². The number of aryl methyl sites for hydroxylation is 1. The Kier molecular flexibility index (Phi) is 8.17. The molecule has 1 aliphatic heterocycles. The highest BCUT2D eigenvalue weighted by Gasteiger charge is 2.21. The highest BCUT2D eigenvalue weighted by molar-refractivity contribution is 7.89. The van der Waals surface area contributed by atoms with Gasteiger partial charge in [0, 0.05) is 32.7 Å². The Balaban J connectivity index is 1.47. The molecule has 170 valence electrons. The number of anilines is 1. The van der Waals surface area contributed by atoms with E-state index in [0.717, 1.165) is 62.6 Å². The SMILES string of the molecule is CCc1ccc(OC)c(S(=O)(=O)NCCCN2CCN(c3ccccc3OC)CC2)c1. The Morgan fingerprint density at radius 2 is 1.68 bits per heavy atom. The van der Waals surface area contributed by atoms with Crippen LogP contribution in [0.4, 0.5) is 5.69 Å². The number of para-hydroxylation sites is 2. The van der Waals surface area contributed by atoms with E-state index < -0.39 is 10.0 Å². The molecule has 0 unspecified atom stereocenters. The molecule has 2 aromatic carbocycles. The average molecular weight is 448 g/mol. The molecule has 1 heterocycles. The van der Waals surface area contributed by atoms with E-state index in [-0.39, 0.29) is 4.90 Å². The highest BCUT2D eigenvalue weighted by Crippen LogP contribution is 2.28. The molecule has 1 aliphatic rings. The van der Waals surface area contributed by atoms with Crippen molar-refractivity contribution in [3.05, 3.63) is 48.0 Å². The van der Waals surface area contributed by atoms with E-state index >= 15 is 0 Å². The third-order valence-electron chi connectivity index (χ3n) is 5.67. The van der Waals surface area contributed by atoms with Crippen molar-refractivity contribution in [1.82, 2.24) is 9.62 Å². The zero-order valence-corrected chi connectivity index (χ0v) is 19.5. The Hall–Kier alpha value is -2.29. The first-order chi connectivity index (χ1) is 15.0. The molecule has 1 fully saturated rings. The molecule has 0 bridgehead atoms. The molecular formula is C23H33N3O4S. The van der Waals surface area contributed by atoms with Gasteiger partial charge in [0.2, 0.25) is 10.0 Å². The number of nitrogens with one attached hydrogen (secondary N) is 1. The second-order valence-electron chi connectivity index (χ2n) is 7.59. The summed E-state index contributed by atoms with van der Waals surface area (Å²) in [5.74, 6) is 1.27. The molecule has 0 atom stereocenters. The van der Waals surface area contributed by atoms with Gasteiger partial charge in [-0.15, -0.1) is 0 Å². The smallest absolute Gasteiger partial charge is 0.244 e. The third kappa shape index (κ3) is 5.90. The first kappa shape index (κ1) is 23.4. The Labute approximate surface area is 186 Å². The van der Waals surface area contributed by atoms with Crippen LogP contribution in [0.2, 0.25) is 0 Å². The lowest BCUT2D eigenvalue weighted by Gasteiger charge is -2.36. The van der Waals surface area contributed by atoms with Gasteiger partial charge in [-0.2, -0.15) is 0 Å². The molecule has 0 amide bonds. The number of methoxy groups -OCH3 is 2. The van der Waals surface area contributed by atoms with Crippen molar-refractivity contribution in [1.29, 1.82) is 0 Å². The van der Waals surface area contributed by atoms with Gasteiger partial charge in [-0.1, -0.05) is 25.1 Å². The van der Waals surface area contributed by atoms with Gasteiger partial charge in [0.05, 0.1) is 19.9 Å². The zero-order chi connectivity index (χ0) is 22.3. The van der Waals surface area contributed by atoms with Gasteiger partial charge < -0.3 is 14.4 Å². The lowest BCUT2D eigenvalue weighted by Crippen LogP contribution is -2.47. The van der Waals surface area contributed by atoms with E-state index in [1.807, 2.05) is 31.2 Å². The van der Waals surface area contributed by atoms with Gasteiger partial charge in [-0.05, 0) is 49.2 Å². The first-order valence-corrected chi connectivity index (χ1v) is 12.2. The van der Waals surface area contributed by atoms with Crippen molar-refractivity contribution in [2.24, 2.45) is 0 Å². The van der Waals surface area contributed by atoms with Gasteiger partial charge in [0.25, 0.3) is 0 Å². The largest absolute Gasteiger partial charge is 0.495 e. The van der Waals surface area contributed by atoms with E-state index in [0.29, 0.717) is 12.3 Å². The number of piperazine rings is 1. The average Bonchev–Trinajstić information content (AvgIpc) is 2.81. The fraction of sp³-hybridized carbons (Fsp3) is 0.478. The Morgan fingerprint density at radius 1 is 0.968 bits per heavy atom. The fourth-order valence-corrected chi connectivity index (χ4v) is 5.13. The molecule has 7 nitrogen and oxygen atoms in total. The number of hydrogen-bond acceptors (Lipinski definition) is 6. The molecular weight excluding hydrogens is 414 g/mol. The summed E-state index contributed by atoms with van der Waals surface area (Å²) in [6.07, 6.45) is 1.52. The number of sulfonamides is 1. The Bertz CT molecular complexity index is 957. The quantitative estimate of drug-likeness (QED) is 0.565. The van der Waals surface area contributed by atoms with Gasteiger partial charge >= 0.3 is 0 Å². The molecule has 3 rings (SSSR count). The first-order valence-electron chi connectivity index (χ1n) is 10.8. The van der Waals surface area contributed by atoms with Crippen LogP contribution in [-0.2, 0) is 16.4 Å². The molecule has 8 heteroatoms. The van der Waals surface area contributed by atoms with E-state index in [4.69, 9.17) is 9.47 Å². The van der Waals surface area contributed by atoms with Crippen molar-refractivity contribution in [3.63, 3.8) is 0 Å². The van der Waals surface area contributed by atoms with E-state index in [2.05, 4.69) is 20.6 Å². The van der Waals surface area contributed by atoms with Crippen molar-refractivity contribution in [3.8, 4) is 11.5 Å². The monoisotopic (exact) mass is 447 g/mol. The molecule has 2 aromatic rings. The van der Waals surface area contributed by atoms with Gasteiger partial charge in [0.15, 0.2) is 0 Å². The Morgan fingerprint density at radius 3 is 2.35 bits per heavy atom. The lowest BCUT2D eigenvalue weighted by atomic mass is 10.2. The second-order valence-corrected chi connectivity index (χ2v) is 9.33. The summed E-state index contributed by atoms with van der Waals surface area (Å²) < 4.78 is 39.0. The molecule has 0 aliphatic carbocycles. The summed E-state index contributed by atoms with van der Waals surface area (Å²) in [5, 5.41) is 0. The van der Waals surface area contributed by atoms with Gasteiger partial charge in [0.1, 0.15) is 16.4 Å². The zero-order valence-electron chi connectivity index (χ0n) is 18.6. The van der Waals surface area contributed by atoms with Crippen LogP contribution in [0.25, 0.3) is 0 Å². The fourth-order valence-electron chi connectivity index (χ4n) is 3.84. The molecule has 0 aromatic heterocycles. The summed E-state index contributed by atoms with van der Waals surface area (Å²) in [4.78, 5) is 4.92. The topological polar surface area (TPSA) is 71.1 Å². The molecule has 1 N–H and O–H groups in total. The van der Waals surface area contributed by atoms with Crippen molar-refractivity contribution < 1.29 is 17.9 Å². The third-order valence-corrected chi connectivity index (χ3v) is 7.15. The summed E-state index contributed by atoms with van der Waals surface area (Å²) in [7, 11) is -0.417. The van der Waals surface area contributed by atoms with Crippen LogP contribution >= 0.6 is 0 Å². The second kappa shape index (κ2) is 10.8. The van der Waals surface area contributed by atoms with Gasteiger partial charge in [-0.25, -0.2) is 13.1 Å². The predicted molar refractivity (Wildman–Crippen MR) is 124 cm³/mol. The minimum Gasteiger partial charge on any atom is -0.495 e. The molecule has 0 saturated carbocycles. The predicted octanol–water partition coefficient (Wildman–Crippen LogP) is 2.76. The number of nitrogens with zero attached hydrogens (tertiary/aromatic N) is 2. The normalized spacial score (nSPS) is 15.1. The van der Waals surface area contributed by atoms with Crippen molar-refractivity contribution in [2.45, 2.75) is 24.7 Å². The number of hydrogen-bond donors (Lipinski definition) is 1. The number of rotatable bonds is 10. The van der Waals surface area contributed by atoms with E-state index in [1.54, 1.807) is 19.2 Å². The summed E-state index contributed by atoms with van der Waals surface area (Å²) in [5.41, 5.74) is 2.09. The summed E-state index contributed by atoms with van der Waals surface area (Å²) in [6, 6.07) is 13.4. The summed E-state index contributed by atoms with van der Waals surface area (Å²) in [6.45, 7) is 6.98. The van der Waals surface area contributed by atoms with Crippen LogP contribution in [0.3, 0.4) is 0 Å². The number of ether oxygens (including phenoxy) is 2. The minimum absolute atomic E-state index is 0.208. The van der Waals surface area contributed by atoms with Crippen LogP contribution in [0, 0.1) is 0 Å². The van der Waals surface area contributed by atoms with Crippen LogP contribution < -0.4 is 19.1 Å². The molecule has 0 spiro atoms. The number of benzene rings is 2. The van der Waals surface area contributed by atoms with E-state index in [9.17, 15) is 8.42 Å². The van der Waals surface area contributed by atoms with Crippen LogP contribution in [0.15, 0.2) is 47.4 Å². The van der Waals surface area contributed by atoms with Crippen molar-refractivity contribution in [2.75, 3.05) is 58.4 Å². The van der Waals surface area contributed by atoms with Crippen LogP contribution in [-0.4, -0.2) is 66.8 Å². The maximum absolute atomic E-state index is 12.8. The lowest BCUT2D eigenvalue weighted by molar-refractivity contribution is 0.254. The van der Waals surface area contributed by atoms with Crippen LogP contribution in [0.1, 0.15) is 18.9 Å². The van der Waals surface area contributed by atoms with Gasteiger partial charge in [-0.3, -0.25) is 4.90 Å². The molecule has 1 saturated heterocycles. The van der Waals surface area contributed by atoms with Crippen LogP contribution in [0.5, 0.6) is 11.5 Å². The maximum Gasteiger partial charge on any atom is 0.244 e. The highest BCUT2D eigenvalue weighted by atomic mass is 32.2. The summed E-state index contributed by atoms with van der Waals surface area (Å²) >= 11 is 0. The molecule has 0 radical (unpaired) electrons. The maximum atomic E-state index is 12.8. The molecule has 31 heavy (non-hydrogen) atoms.